The smallest absolute Gasteiger partial charge is 0.481 e. The summed E-state index contributed by atoms with van der Waals surface area (Å²) in [6.07, 6.45) is 6.16. The number of carbonyl (C=O) groups excluding carboxylic acids is 3. The molecule has 1 aromatic carbocycles. The Kier molecular flexibility index (Phi) is 12.2. The van der Waals surface area contributed by atoms with Gasteiger partial charge in [-0.2, -0.15) is 0 Å². The lowest BCUT2D eigenvalue weighted by molar-refractivity contribution is -0.138. The molecule has 0 bridgehead atoms. The number of carbonyl (C=O) groups is 4. The van der Waals surface area contributed by atoms with Crippen LogP contribution < -0.4 is 20.5 Å². The highest BCUT2D eigenvalue weighted by Crippen LogP contribution is 2.37. The second-order valence-electron chi connectivity index (χ2n) is 9.83. The fourth-order valence-electron chi connectivity index (χ4n) is 4.65. The highest BCUT2D eigenvalue weighted by atomic mass is 31.2. The van der Waals surface area contributed by atoms with Gasteiger partial charge in [0.25, 0.3) is 0 Å². The molecule has 1 aromatic rings. The number of phosphoric ester groups is 1. The molecular weight excluding hydrogens is 517 g/mol. The number of amides is 3. The Morgan fingerprint density at radius 3 is 2.13 bits per heavy atom. The first-order valence-electron chi connectivity index (χ1n) is 12.8. The van der Waals surface area contributed by atoms with Crippen LogP contribution in [-0.2, 0) is 30.2 Å². The first-order chi connectivity index (χ1) is 17.8. The van der Waals surface area contributed by atoms with Crippen LogP contribution in [-0.4, -0.2) is 56.7 Å². The molecule has 1 aliphatic rings. The third-order valence-electron chi connectivity index (χ3n) is 6.36. The molecule has 212 valence electrons. The monoisotopic (exact) mass is 555 g/mol. The van der Waals surface area contributed by atoms with Crippen LogP contribution in [0.1, 0.15) is 70.8 Å². The summed E-state index contributed by atoms with van der Waals surface area (Å²) in [5, 5.41) is 17.2. The van der Waals surface area contributed by atoms with Crippen molar-refractivity contribution in [3.05, 3.63) is 29.8 Å². The Morgan fingerprint density at radius 2 is 1.58 bits per heavy atom. The van der Waals surface area contributed by atoms with Crippen molar-refractivity contribution >= 4 is 31.5 Å². The molecule has 13 heteroatoms. The molecule has 1 fully saturated rings. The normalized spacial score (nSPS) is 16.5. The van der Waals surface area contributed by atoms with Gasteiger partial charge in [0.1, 0.15) is 17.8 Å². The quantitative estimate of drug-likeness (QED) is 0.186. The average molecular weight is 556 g/mol. The topological polar surface area (TPSA) is 191 Å². The molecule has 0 radical (unpaired) electrons. The minimum atomic E-state index is -4.73. The van der Waals surface area contributed by atoms with E-state index < -0.39 is 43.6 Å². The van der Waals surface area contributed by atoms with E-state index in [0.29, 0.717) is 11.5 Å². The van der Waals surface area contributed by atoms with Crippen LogP contribution >= 0.6 is 7.82 Å². The van der Waals surface area contributed by atoms with Gasteiger partial charge in [-0.1, -0.05) is 44.2 Å². The standard InChI is InChI=1S/C25H38N3O9P/c1-16(14-18-6-4-3-5-7-18)26-24(32)21(12-13-23(30)31)28-25(33)22(27-17(2)29)15-19-8-10-20(11-9-19)37-38(34,35)36/h8-11,16,18,21-22H,3-7,12-15H2,1-2H3,(H,26,32)(H,27,29)(H,28,33)(H,30,31)(H2,34,35,36)/t16-,21-,22-/m0/s1. The molecule has 0 aliphatic heterocycles. The van der Waals surface area contributed by atoms with E-state index in [0.717, 1.165) is 19.3 Å². The van der Waals surface area contributed by atoms with Crippen LogP contribution in [0.15, 0.2) is 24.3 Å². The first-order valence-corrected chi connectivity index (χ1v) is 14.3. The van der Waals surface area contributed by atoms with E-state index in [1.165, 1.54) is 50.5 Å². The minimum absolute atomic E-state index is 0.00690. The molecule has 1 saturated carbocycles. The van der Waals surface area contributed by atoms with Gasteiger partial charge in [0.05, 0.1) is 0 Å². The summed E-state index contributed by atoms with van der Waals surface area (Å²) in [6.45, 7) is 3.13. The van der Waals surface area contributed by atoms with Crippen LogP contribution in [0.25, 0.3) is 0 Å². The molecule has 2 rings (SSSR count). The summed E-state index contributed by atoms with van der Waals surface area (Å²) >= 11 is 0. The van der Waals surface area contributed by atoms with Gasteiger partial charge < -0.3 is 25.6 Å². The summed E-state index contributed by atoms with van der Waals surface area (Å²) in [6, 6.07) is 3.25. The first kappa shape index (κ1) is 31.3. The van der Waals surface area contributed by atoms with Gasteiger partial charge in [-0.05, 0) is 43.4 Å². The van der Waals surface area contributed by atoms with E-state index in [1.54, 1.807) is 0 Å². The van der Waals surface area contributed by atoms with Crippen molar-refractivity contribution in [2.24, 2.45) is 5.92 Å². The average Bonchev–Trinajstić information content (AvgIpc) is 2.81. The maximum atomic E-state index is 13.1. The SMILES string of the molecule is CC(=O)N[C@@H](Cc1ccc(OP(=O)(O)O)cc1)C(=O)N[C@@H](CCC(=O)O)C(=O)N[C@@H](C)CC1CCCCC1. The number of benzene rings is 1. The van der Waals surface area contributed by atoms with Gasteiger partial charge in [0.15, 0.2) is 0 Å². The molecule has 3 atom stereocenters. The molecule has 1 aliphatic carbocycles. The van der Waals surface area contributed by atoms with Gasteiger partial charge in [-0.25, -0.2) is 4.57 Å². The molecule has 0 spiro atoms. The summed E-state index contributed by atoms with van der Waals surface area (Å²) in [7, 11) is -4.73. The number of carboxylic acids is 1. The Bertz CT molecular complexity index is 1010. The third kappa shape index (κ3) is 12.1. The number of hydrogen-bond acceptors (Lipinski definition) is 6. The van der Waals surface area contributed by atoms with Crippen LogP contribution in [0.3, 0.4) is 0 Å². The van der Waals surface area contributed by atoms with Crippen molar-refractivity contribution in [3.63, 3.8) is 0 Å². The minimum Gasteiger partial charge on any atom is -0.481 e. The number of phosphoric acid groups is 1. The zero-order valence-corrected chi connectivity index (χ0v) is 22.6. The van der Waals surface area contributed by atoms with Gasteiger partial charge in [-0.15, -0.1) is 0 Å². The number of aliphatic carboxylic acids is 1. The summed E-state index contributed by atoms with van der Waals surface area (Å²) in [5.41, 5.74) is 0.546. The molecule has 0 aromatic heterocycles. The molecule has 38 heavy (non-hydrogen) atoms. The number of hydrogen-bond donors (Lipinski definition) is 6. The number of rotatable bonds is 14. The van der Waals surface area contributed by atoms with E-state index in [1.807, 2.05) is 6.92 Å². The summed E-state index contributed by atoms with van der Waals surface area (Å²) < 4.78 is 15.5. The third-order valence-corrected chi connectivity index (χ3v) is 6.81. The predicted octanol–water partition coefficient (Wildman–Crippen LogP) is 2.03. The molecular formula is C25H38N3O9P. The van der Waals surface area contributed by atoms with Crippen LogP contribution in [0, 0.1) is 5.92 Å². The van der Waals surface area contributed by atoms with E-state index in [4.69, 9.17) is 14.9 Å². The van der Waals surface area contributed by atoms with Crippen LogP contribution in [0.2, 0.25) is 0 Å². The zero-order chi connectivity index (χ0) is 28.3. The molecule has 6 N–H and O–H groups in total. The molecule has 0 heterocycles. The molecule has 0 unspecified atom stereocenters. The predicted molar refractivity (Wildman–Crippen MR) is 138 cm³/mol. The van der Waals surface area contributed by atoms with Crippen molar-refractivity contribution in [1.29, 1.82) is 0 Å². The Morgan fingerprint density at radius 1 is 0.974 bits per heavy atom. The second-order valence-corrected chi connectivity index (χ2v) is 11.0. The van der Waals surface area contributed by atoms with Gasteiger partial charge in [0.2, 0.25) is 17.7 Å². The molecule has 0 saturated heterocycles. The Balaban J connectivity index is 2.08. The highest BCUT2D eigenvalue weighted by molar-refractivity contribution is 7.46. The number of nitrogens with one attached hydrogen (secondary N) is 3. The van der Waals surface area contributed by atoms with Crippen molar-refractivity contribution in [2.75, 3.05) is 0 Å². The summed E-state index contributed by atoms with van der Waals surface area (Å²) in [5.74, 6) is -2.30. The van der Waals surface area contributed by atoms with E-state index in [9.17, 15) is 23.7 Å². The Labute approximate surface area is 222 Å². The lowest BCUT2D eigenvalue weighted by atomic mass is 9.85. The lowest BCUT2D eigenvalue weighted by Crippen LogP contribution is -2.55. The van der Waals surface area contributed by atoms with Gasteiger partial charge >= 0.3 is 13.8 Å². The number of carboxylic acid groups (broad SMARTS) is 1. The van der Waals surface area contributed by atoms with Gasteiger partial charge in [-0.3, -0.25) is 29.0 Å². The fourth-order valence-corrected chi connectivity index (χ4v) is 5.04. The van der Waals surface area contributed by atoms with E-state index in [-0.39, 0.29) is 31.1 Å². The lowest BCUT2D eigenvalue weighted by Gasteiger charge is -2.27. The maximum absolute atomic E-state index is 13.1. The van der Waals surface area contributed by atoms with Crippen molar-refractivity contribution < 1.29 is 43.2 Å². The van der Waals surface area contributed by atoms with Crippen LogP contribution in [0.5, 0.6) is 5.75 Å². The van der Waals surface area contributed by atoms with E-state index >= 15 is 0 Å². The second kappa shape index (κ2) is 14.8. The highest BCUT2D eigenvalue weighted by Gasteiger charge is 2.28. The van der Waals surface area contributed by atoms with E-state index in [2.05, 4.69) is 20.5 Å². The fraction of sp³-hybridized carbons (Fsp3) is 0.600. The van der Waals surface area contributed by atoms with Crippen molar-refractivity contribution in [1.82, 2.24) is 16.0 Å². The molecule has 3 amide bonds. The van der Waals surface area contributed by atoms with Crippen LogP contribution in [0.4, 0.5) is 0 Å². The summed E-state index contributed by atoms with van der Waals surface area (Å²) in [4.78, 5) is 66.9. The van der Waals surface area contributed by atoms with Crippen molar-refractivity contribution in [2.45, 2.75) is 89.8 Å². The van der Waals surface area contributed by atoms with Crippen molar-refractivity contribution in [3.8, 4) is 5.75 Å². The van der Waals surface area contributed by atoms with Gasteiger partial charge in [0, 0.05) is 25.8 Å². The maximum Gasteiger partial charge on any atom is 0.524 e. The zero-order valence-electron chi connectivity index (χ0n) is 21.7. The Hall–Kier alpha value is -2.95. The molecule has 12 nitrogen and oxygen atoms in total. The largest absolute Gasteiger partial charge is 0.524 e.